The van der Waals surface area contributed by atoms with Gasteiger partial charge < -0.3 is 5.32 Å². The van der Waals surface area contributed by atoms with Gasteiger partial charge in [0.1, 0.15) is 0 Å². The van der Waals surface area contributed by atoms with Crippen LogP contribution in [0.2, 0.25) is 0 Å². The molecule has 1 N–H and O–H groups in total. The molecule has 14 heavy (non-hydrogen) atoms. The monoisotopic (exact) mass is 198 g/mol. The van der Waals surface area contributed by atoms with Crippen LogP contribution in [0.4, 0.5) is 0 Å². The van der Waals surface area contributed by atoms with Gasteiger partial charge in [0, 0.05) is 18.6 Å². The summed E-state index contributed by atoms with van der Waals surface area (Å²) < 4.78 is 0. The molecule has 1 aliphatic heterocycles. The van der Waals surface area contributed by atoms with Crippen molar-refractivity contribution in [2.75, 3.05) is 20.1 Å². The average molecular weight is 198 g/mol. The Balaban J connectivity index is 2.39. The molecule has 0 aromatic heterocycles. The van der Waals surface area contributed by atoms with Crippen LogP contribution in [0, 0.1) is 5.92 Å². The van der Waals surface area contributed by atoms with Crippen molar-refractivity contribution < 1.29 is 0 Å². The maximum absolute atomic E-state index is 3.43. The number of likely N-dealkylation sites (N-methyl/N-ethyl adjacent to an activating group) is 1. The summed E-state index contributed by atoms with van der Waals surface area (Å²) in [5, 5.41) is 3.43. The largest absolute Gasteiger partial charge is 0.315 e. The minimum atomic E-state index is 0.649. The van der Waals surface area contributed by atoms with Gasteiger partial charge in [-0.15, -0.1) is 0 Å². The summed E-state index contributed by atoms with van der Waals surface area (Å²) in [5.41, 5.74) is 0. The fourth-order valence-electron chi connectivity index (χ4n) is 2.32. The van der Waals surface area contributed by atoms with E-state index in [1.54, 1.807) is 0 Å². The van der Waals surface area contributed by atoms with E-state index in [4.69, 9.17) is 0 Å². The maximum Gasteiger partial charge on any atom is 0.0215 e. The molecule has 1 saturated heterocycles. The van der Waals surface area contributed by atoms with Crippen molar-refractivity contribution in [2.45, 2.75) is 52.1 Å². The normalized spacial score (nSPS) is 26.8. The summed E-state index contributed by atoms with van der Waals surface area (Å²) in [6, 6.07) is 1.44. The first kappa shape index (κ1) is 12.0. The molecule has 1 heterocycles. The molecule has 0 aliphatic carbocycles. The first-order valence-electron chi connectivity index (χ1n) is 6.06. The lowest BCUT2D eigenvalue weighted by Gasteiger charge is -2.37. The average Bonchev–Trinajstić information content (AvgIpc) is 2.16. The molecule has 0 radical (unpaired) electrons. The van der Waals surface area contributed by atoms with Crippen molar-refractivity contribution in [1.29, 1.82) is 0 Å². The van der Waals surface area contributed by atoms with Crippen LogP contribution < -0.4 is 5.32 Å². The van der Waals surface area contributed by atoms with E-state index >= 15 is 0 Å². The zero-order valence-corrected chi connectivity index (χ0v) is 10.2. The van der Waals surface area contributed by atoms with Gasteiger partial charge in [-0.2, -0.15) is 0 Å². The van der Waals surface area contributed by atoms with Crippen molar-refractivity contribution in [1.82, 2.24) is 10.2 Å². The lowest BCUT2D eigenvalue weighted by molar-refractivity contribution is 0.135. The Morgan fingerprint density at radius 1 is 1.36 bits per heavy atom. The van der Waals surface area contributed by atoms with Crippen LogP contribution in [-0.2, 0) is 0 Å². The lowest BCUT2D eigenvalue weighted by atomic mass is 9.99. The lowest BCUT2D eigenvalue weighted by Crippen LogP contribution is -2.47. The topological polar surface area (TPSA) is 15.3 Å². The Morgan fingerprint density at radius 3 is 2.57 bits per heavy atom. The van der Waals surface area contributed by atoms with E-state index < -0.39 is 0 Å². The Bertz CT molecular complexity index is 156. The van der Waals surface area contributed by atoms with Crippen molar-refractivity contribution >= 4 is 0 Å². The molecule has 0 saturated carbocycles. The Kier molecular flexibility index (Phi) is 4.90. The van der Waals surface area contributed by atoms with Crippen LogP contribution >= 0.6 is 0 Å². The van der Waals surface area contributed by atoms with Crippen molar-refractivity contribution in [2.24, 2.45) is 5.92 Å². The van der Waals surface area contributed by atoms with Gasteiger partial charge in [0.25, 0.3) is 0 Å². The summed E-state index contributed by atoms with van der Waals surface area (Å²) >= 11 is 0. The van der Waals surface area contributed by atoms with Gasteiger partial charge in [0.05, 0.1) is 0 Å². The van der Waals surface area contributed by atoms with Gasteiger partial charge in [0.2, 0.25) is 0 Å². The van der Waals surface area contributed by atoms with Crippen LogP contribution in [0.25, 0.3) is 0 Å². The van der Waals surface area contributed by atoms with E-state index in [0.717, 1.165) is 12.0 Å². The summed E-state index contributed by atoms with van der Waals surface area (Å²) in [6.45, 7) is 9.49. The third kappa shape index (κ3) is 3.25. The van der Waals surface area contributed by atoms with Gasteiger partial charge in [-0.1, -0.05) is 20.3 Å². The molecule has 1 rings (SSSR count). The number of likely N-dealkylation sites (tertiary alicyclic amines) is 1. The predicted molar refractivity (Wildman–Crippen MR) is 62.6 cm³/mol. The quantitative estimate of drug-likeness (QED) is 0.744. The molecule has 2 atom stereocenters. The van der Waals surface area contributed by atoms with Crippen LogP contribution in [-0.4, -0.2) is 37.1 Å². The number of nitrogens with one attached hydrogen (secondary N) is 1. The second-order valence-corrected chi connectivity index (χ2v) is 4.98. The molecule has 0 aromatic carbocycles. The highest BCUT2D eigenvalue weighted by Gasteiger charge is 2.22. The molecule has 0 spiro atoms. The predicted octanol–water partition coefficient (Wildman–Crippen LogP) is 2.10. The SMILES string of the molecule is CNC(CN1CCCCC1C)C(C)C. The summed E-state index contributed by atoms with van der Waals surface area (Å²) in [5.74, 6) is 0.731. The minimum Gasteiger partial charge on any atom is -0.315 e. The zero-order valence-electron chi connectivity index (χ0n) is 10.2. The van der Waals surface area contributed by atoms with Crippen LogP contribution in [0.3, 0.4) is 0 Å². The Hall–Kier alpha value is -0.0800. The fourth-order valence-corrected chi connectivity index (χ4v) is 2.32. The summed E-state index contributed by atoms with van der Waals surface area (Å²) in [6.07, 6.45) is 4.19. The number of piperidine rings is 1. The third-order valence-corrected chi connectivity index (χ3v) is 3.55. The van der Waals surface area contributed by atoms with E-state index in [1.165, 1.54) is 32.4 Å². The highest BCUT2D eigenvalue weighted by atomic mass is 15.2. The van der Waals surface area contributed by atoms with Crippen LogP contribution in [0.15, 0.2) is 0 Å². The highest BCUT2D eigenvalue weighted by Crippen LogP contribution is 2.17. The Labute approximate surface area is 89.1 Å². The Morgan fingerprint density at radius 2 is 2.07 bits per heavy atom. The summed E-state index contributed by atoms with van der Waals surface area (Å²) in [7, 11) is 2.08. The molecular formula is C12H26N2. The first-order chi connectivity index (χ1) is 6.65. The molecule has 2 nitrogen and oxygen atoms in total. The number of rotatable bonds is 4. The fraction of sp³-hybridized carbons (Fsp3) is 1.00. The number of nitrogens with zero attached hydrogens (tertiary/aromatic N) is 1. The van der Waals surface area contributed by atoms with Crippen molar-refractivity contribution in [3.8, 4) is 0 Å². The molecule has 0 bridgehead atoms. The molecule has 2 heteroatoms. The second-order valence-electron chi connectivity index (χ2n) is 4.98. The van der Waals surface area contributed by atoms with E-state index in [0.29, 0.717) is 6.04 Å². The maximum atomic E-state index is 3.43. The van der Waals surface area contributed by atoms with Gasteiger partial charge >= 0.3 is 0 Å². The molecular weight excluding hydrogens is 172 g/mol. The standard InChI is InChI=1S/C12H26N2/c1-10(2)12(13-4)9-14-8-6-5-7-11(14)3/h10-13H,5-9H2,1-4H3. The van der Waals surface area contributed by atoms with Gasteiger partial charge in [-0.05, 0) is 39.3 Å². The number of hydrogen-bond donors (Lipinski definition) is 1. The summed E-state index contributed by atoms with van der Waals surface area (Å²) in [4.78, 5) is 2.64. The van der Waals surface area contributed by atoms with Crippen LogP contribution in [0.1, 0.15) is 40.0 Å². The van der Waals surface area contributed by atoms with Gasteiger partial charge in [-0.25, -0.2) is 0 Å². The highest BCUT2D eigenvalue weighted by molar-refractivity contribution is 4.79. The molecule has 1 fully saturated rings. The van der Waals surface area contributed by atoms with E-state index in [2.05, 4.69) is 38.0 Å². The molecule has 1 aliphatic rings. The number of hydrogen-bond acceptors (Lipinski definition) is 2. The van der Waals surface area contributed by atoms with Crippen molar-refractivity contribution in [3.05, 3.63) is 0 Å². The molecule has 0 aromatic rings. The van der Waals surface area contributed by atoms with Crippen LogP contribution in [0.5, 0.6) is 0 Å². The van der Waals surface area contributed by atoms with Gasteiger partial charge in [0.15, 0.2) is 0 Å². The molecule has 0 amide bonds. The zero-order chi connectivity index (χ0) is 10.6. The van der Waals surface area contributed by atoms with E-state index in [1.807, 2.05) is 0 Å². The minimum absolute atomic E-state index is 0.649. The smallest absolute Gasteiger partial charge is 0.0215 e. The van der Waals surface area contributed by atoms with Crippen molar-refractivity contribution in [3.63, 3.8) is 0 Å². The third-order valence-electron chi connectivity index (χ3n) is 3.55. The molecule has 84 valence electrons. The van der Waals surface area contributed by atoms with Gasteiger partial charge in [-0.3, -0.25) is 4.90 Å². The first-order valence-corrected chi connectivity index (χ1v) is 6.06. The van der Waals surface area contributed by atoms with E-state index in [9.17, 15) is 0 Å². The second kappa shape index (κ2) is 5.72. The van der Waals surface area contributed by atoms with E-state index in [-0.39, 0.29) is 0 Å². The molecule has 2 unspecified atom stereocenters.